The van der Waals surface area contributed by atoms with Gasteiger partial charge in [0.15, 0.2) is 0 Å². The first kappa shape index (κ1) is 11.2. The molecule has 1 aromatic heterocycles. The highest BCUT2D eigenvalue weighted by Crippen LogP contribution is 2.25. The maximum atomic E-state index is 11.8. The Balaban J connectivity index is 2.26. The number of hydrogen-bond acceptors (Lipinski definition) is 2. The number of rotatable bonds is 3. The highest BCUT2D eigenvalue weighted by atomic mass is 35.5. The van der Waals surface area contributed by atoms with Crippen LogP contribution in [0.4, 0.5) is 0 Å². The van der Waals surface area contributed by atoms with Crippen molar-refractivity contribution in [2.75, 3.05) is 6.54 Å². The van der Waals surface area contributed by atoms with Gasteiger partial charge in [0.1, 0.15) is 0 Å². The topological polar surface area (TPSA) is 29.1 Å². The molecule has 0 aliphatic carbocycles. The normalized spacial score (nSPS) is 10.3. The third kappa shape index (κ3) is 2.26. The Labute approximate surface area is 103 Å². The van der Waals surface area contributed by atoms with Crippen molar-refractivity contribution >= 4 is 38.9 Å². The van der Waals surface area contributed by atoms with E-state index >= 15 is 0 Å². The van der Waals surface area contributed by atoms with Crippen LogP contribution >= 0.6 is 22.9 Å². The van der Waals surface area contributed by atoms with Gasteiger partial charge in [-0.2, -0.15) is 0 Å². The van der Waals surface area contributed by atoms with Gasteiger partial charge in [0.2, 0.25) is 0 Å². The van der Waals surface area contributed by atoms with E-state index in [1.807, 2.05) is 29.6 Å². The summed E-state index contributed by atoms with van der Waals surface area (Å²) >= 11 is 7.16. The average molecular weight is 252 g/mol. The van der Waals surface area contributed by atoms with Crippen LogP contribution in [0.2, 0.25) is 0 Å². The number of carbonyl (C=O) groups excluding carboxylic acids is 1. The first-order valence-corrected chi connectivity index (χ1v) is 6.02. The monoisotopic (exact) mass is 251 g/mol. The van der Waals surface area contributed by atoms with Crippen molar-refractivity contribution in [2.45, 2.75) is 0 Å². The second-order valence-electron chi connectivity index (χ2n) is 3.35. The molecule has 0 unspecified atom stereocenters. The number of carbonyl (C=O) groups is 1. The molecule has 0 saturated carbocycles. The molecule has 0 bridgehead atoms. The fourth-order valence-corrected chi connectivity index (χ4v) is 2.43. The van der Waals surface area contributed by atoms with Crippen LogP contribution in [0, 0.1) is 0 Å². The summed E-state index contributed by atoms with van der Waals surface area (Å²) in [6.45, 7) is 3.82. The van der Waals surface area contributed by atoms with Gasteiger partial charge in [0, 0.05) is 20.5 Å². The van der Waals surface area contributed by atoms with Gasteiger partial charge < -0.3 is 5.32 Å². The second kappa shape index (κ2) is 4.68. The maximum Gasteiger partial charge on any atom is 0.253 e. The zero-order valence-electron chi connectivity index (χ0n) is 8.50. The van der Waals surface area contributed by atoms with Crippen LogP contribution in [-0.2, 0) is 0 Å². The smallest absolute Gasteiger partial charge is 0.253 e. The van der Waals surface area contributed by atoms with Gasteiger partial charge >= 0.3 is 0 Å². The van der Waals surface area contributed by atoms with Crippen LogP contribution in [0.1, 0.15) is 10.4 Å². The molecule has 0 fully saturated rings. The fourth-order valence-electron chi connectivity index (χ4n) is 1.43. The molecule has 16 heavy (non-hydrogen) atoms. The first-order valence-electron chi connectivity index (χ1n) is 4.76. The summed E-state index contributed by atoms with van der Waals surface area (Å²) in [5.74, 6) is -0.112. The van der Waals surface area contributed by atoms with Crippen molar-refractivity contribution in [1.82, 2.24) is 5.32 Å². The Morgan fingerprint density at radius 1 is 1.44 bits per heavy atom. The standard InChI is InChI=1S/C12H10ClNOS/c1-8(13)6-14-12(15)10-7-16-11-5-3-2-4-9(10)11/h2-5,7H,1,6H2,(H,14,15). The van der Waals surface area contributed by atoms with E-state index in [1.54, 1.807) is 11.3 Å². The van der Waals surface area contributed by atoms with E-state index in [0.29, 0.717) is 17.1 Å². The van der Waals surface area contributed by atoms with Crippen LogP contribution in [0.5, 0.6) is 0 Å². The SMILES string of the molecule is C=C(Cl)CNC(=O)c1csc2ccccc12. The van der Waals surface area contributed by atoms with Crippen molar-refractivity contribution in [3.05, 3.63) is 46.8 Å². The highest BCUT2D eigenvalue weighted by molar-refractivity contribution is 7.17. The number of benzene rings is 1. The Hall–Kier alpha value is -1.32. The quantitative estimate of drug-likeness (QED) is 0.890. The molecule has 0 radical (unpaired) electrons. The number of thiophene rings is 1. The maximum absolute atomic E-state index is 11.8. The summed E-state index contributed by atoms with van der Waals surface area (Å²) in [5, 5.41) is 5.97. The molecule has 1 N–H and O–H groups in total. The predicted octanol–water partition coefficient (Wildman–Crippen LogP) is 3.38. The van der Waals surface area contributed by atoms with Crippen molar-refractivity contribution in [3.63, 3.8) is 0 Å². The number of fused-ring (bicyclic) bond motifs is 1. The molecular formula is C12H10ClNOS. The number of nitrogens with one attached hydrogen (secondary N) is 1. The van der Waals surface area contributed by atoms with Crippen LogP contribution in [0.25, 0.3) is 10.1 Å². The molecule has 2 rings (SSSR count). The van der Waals surface area contributed by atoms with E-state index in [1.165, 1.54) is 0 Å². The van der Waals surface area contributed by atoms with Crippen molar-refractivity contribution < 1.29 is 4.79 Å². The first-order chi connectivity index (χ1) is 7.68. The van der Waals surface area contributed by atoms with Gasteiger partial charge in [0.05, 0.1) is 12.1 Å². The Bertz CT molecular complexity index is 547. The summed E-state index contributed by atoms with van der Waals surface area (Å²) in [6.07, 6.45) is 0. The molecule has 0 spiro atoms. The highest BCUT2D eigenvalue weighted by Gasteiger charge is 2.10. The lowest BCUT2D eigenvalue weighted by Crippen LogP contribution is -2.24. The molecule has 1 heterocycles. The molecule has 2 aromatic rings. The zero-order valence-corrected chi connectivity index (χ0v) is 10.1. The predicted molar refractivity (Wildman–Crippen MR) is 69.2 cm³/mol. The summed E-state index contributed by atoms with van der Waals surface area (Å²) in [6, 6.07) is 7.82. The molecule has 4 heteroatoms. The third-order valence-corrected chi connectivity index (χ3v) is 3.26. The lowest BCUT2D eigenvalue weighted by molar-refractivity contribution is 0.0959. The molecule has 82 valence electrons. The van der Waals surface area contributed by atoms with Crippen LogP contribution < -0.4 is 5.32 Å². The van der Waals surface area contributed by atoms with Gasteiger partial charge in [0.25, 0.3) is 5.91 Å². The van der Waals surface area contributed by atoms with Crippen molar-refractivity contribution in [1.29, 1.82) is 0 Å². The van der Waals surface area contributed by atoms with Gasteiger partial charge in [-0.3, -0.25) is 4.79 Å². The second-order valence-corrected chi connectivity index (χ2v) is 4.79. The van der Waals surface area contributed by atoms with E-state index in [0.717, 1.165) is 10.1 Å². The van der Waals surface area contributed by atoms with Crippen molar-refractivity contribution in [2.24, 2.45) is 0 Å². The zero-order chi connectivity index (χ0) is 11.5. The minimum absolute atomic E-state index is 0.112. The summed E-state index contributed by atoms with van der Waals surface area (Å²) in [4.78, 5) is 11.8. The molecule has 2 nitrogen and oxygen atoms in total. The number of amides is 1. The van der Waals surface area contributed by atoms with Gasteiger partial charge in [-0.05, 0) is 6.07 Å². The molecular weight excluding hydrogens is 242 g/mol. The number of halogens is 1. The summed E-state index contributed by atoms with van der Waals surface area (Å²) in [7, 11) is 0. The van der Waals surface area contributed by atoms with Crippen LogP contribution in [-0.4, -0.2) is 12.5 Å². The fraction of sp³-hybridized carbons (Fsp3) is 0.0833. The molecule has 0 aliphatic heterocycles. The molecule has 0 atom stereocenters. The third-order valence-electron chi connectivity index (χ3n) is 2.17. The van der Waals surface area contributed by atoms with Gasteiger partial charge in [-0.15, -0.1) is 11.3 Å². The summed E-state index contributed by atoms with van der Waals surface area (Å²) < 4.78 is 1.11. The molecule has 1 aromatic carbocycles. The van der Waals surface area contributed by atoms with E-state index in [-0.39, 0.29) is 5.91 Å². The van der Waals surface area contributed by atoms with Crippen LogP contribution in [0.15, 0.2) is 41.3 Å². The Morgan fingerprint density at radius 3 is 2.94 bits per heavy atom. The lowest BCUT2D eigenvalue weighted by atomic mass is 10.2. The Morgan fingerprint density at radius 2 is 2.19 bits per heavy atom. The van der Waals surface area contributed by atoms with Gasteiger partial charge in [-0.25, -0.2) is 0 Å². The van der Waals surface area contributed by atoms with Gasteiger partial charge in [-0.1, -0.05) is 36.4 Å². The summed E-state index contributed by atoms with van der Waals surface area (Å²) in [5.41, 5.74) is 0.693. The lowest BCUT2D eigenvalue weighted by Gasteiger charge is -2.02. The average Bonchev–Trinajstić information content (AvgIpc) is 2.69. The van der Waals surface area contributed by atoms with Crippen LogP contribution in [0.3, 0.4) is 0 Å². The molecule has 0 saturated heterocycles. The van der Waals surface area contributed by atoms with E-state index in [4.69, 9.17) is 11.6 Å². The van der Waals surface area contributed by atoms with E-state index in [2.05, 4.69) is 11.9 Å². The largest absolute Gasteiger partial charge is 0.347 e. The molecule has 0 aliphatic rings. The Kier molecular flexibility index (Phi) is 3.27. The minimum atomic E-state index is -0.112. The number of hydrogen-bond donors (Lipinski definition) is 1. The van der Waals surface area contributed by atoms with E-state index < -0.39 is 0 Å². The van der Waals surface area contributed by atoms with E-state index in [9.17, 15) is 4.79 Å². The molecule has 1 amide bonds. The van der Waals surface area contributed by atoms with Crippen molar-refractivity contribution in [3.8, 4) is 0 Å². The minimum Gasteiger partial charge on any atom is -0.347 e.